The molecule has 0 N–H and O–H groups in total. The Bertz CT molecular complexity index is 1160. The third kappa shape index (κ3) is 5.28. The lowest BCUT2D eigenvalue weighted by Crippen LogP contribution is -2.33. The van der Waals surface area contributed by atoms with Crippen LogP contribution in [0.1, 0.15) is 16.9 Å². The minimum absolute atomic E-state index is 0. The number of rotatable bonds is 7. The van der Waals surface area contributed by atoms with Gasteiger partial charge in [-0.1, -0.05) is 46.8 Å². The van der Waals surface area contributed by atoms with E-state index >= 15 is 0 Å². The first-order valence-corrected chi connectivity index (χ1v) is 10.4. The van der Waals surface area contributed by atoms with Gasteiger partial charge >= 0.3 is 0 Å². The van der Waals surface area contributed by atoms with Crippen molar-refractivity contribution >= 4 is 45.0 Å². The Labute approximate surface area is 189 Å². The Morgan fingerprint density at radius 3 is 2.61 bits per heavy atom. The van der Waals surface area contributed by atoms with E-state index in [1.165, 1.54) is 23.5 Å². The van der Waals surface area contributed by atoms with E-state index in [0.717, 1.165) is 18.5 Å². The summed E-state index contributed by atoms with van der Waals surface area (Å²) in [5.41, 5.74) is 1.72. The topological polar surface area (TPSA) is 62.5 Å². The van der Waals surface area contributed by atoms with Crippen molar-refractivity contribution < 1.29 is 13.7 Å². The molecule has 4 aromatic rings. The third-order valence-electron chi connectivity index (χ3n) is 4.59. The number of carbonyl (C=O) groups is 1. The van der Waals surface area contributed by atoms with Gasteiger partial charge in [-0.25, -0.2) is 9.37 Å². The second-order valence-corrected chi connectivity index (χ2v) is 8.17. The van der Waals surface area contributed by atoms with Crippen LogP contribution in [0.3, 0.4) is 0 Å². The van der Waals surface area contributed by atoms with E-state index in [1.807, 2.05) is 44.4 Å². The molecule has 2 heterocycles. The maximum Gasteiger partial charge on any atom is 0.282 e. The third-order valence-corrected chi connectivity index (χ3v) is 5.63. The van der Waals surface area contributed by atoms with Gasteiger partial charge in [0.2, 0.25) is 0 Å². The number of carbonyl (C=O) groups excluding carboxylic acids is 1. The molecule has 1 amide bonds. The summed E-state index contributed by atoms with van der Waals surface area (Å²) in [7, 11) is 3.97. The smallest absolute Gasteiger partial charge is 0.282 e. The zero-order valence-electron chi connectivity index (χ0n) is 17.1. The zero-order valence-corrected chi connectivity index (χ0v) is 18.8. The van der Waals surface area contributed by atoms with Crippen LogP contribution in [0.2, 0.25) is 0 Å². The highest BCUT2D eigenvalue weighted by Crippen LogP contribution is 2.31. The summed E-state index contributed by atoms with van der Waals surface area (Å²) >= 11 is 1.29. The fraction of sp³-hybridized carbons (Fsp3) is 0.227. The molecule has 0 atom stereocenters. The number of hydrogen-bond acceptors (Lipinski definition) is 6. The van der Waals surface area contributed by atoms with Gasteiger partial charge < -0.3 is 9.42 Å². The van der Waals surface area contributed by atoms with Crippen molar-refractivity contribution in [1.29, 1.82) is 0 Å². The number of halogens is 2. The molecular weight excluding hydrogens is 439 g/mol. The Hall–Kier alpha value is -2.81. The van der Waals surface area contributed by atoms with Gasteiger partial charge in [-0.3, -0.25) is 9.69 Å². The standard InChI is InChI=1S/C22H21FN4O2S.ClH/c1-26(2)11-6-12-27(22-24-17-10-9-16(23)13-20(17)30-22)21(28)18-14-19(29-25-18)15-7-4-3-5-8-15;/h3-5,7-10,13-14H,6,11-12H2,1-2H3;1H. The summed E-state index contributed by atoms with van der Waals surface area (Å²) in [6, 6.07) is 15.6. The first kappa shape index (κ1) is 22.9. The van der Waals surface area contributed by atoms with Crippen molar-refractivity contribution in [2.24, 2.45) is 0 Å². The second-order valence-electron chi connectivity index (χ2n) is 7.16. The van der Waals surface area contributed by atoms with E-state index in [-0.39, 0.29) is 29.8 Å². The molecule has 0 radical (unpaired) electrons. The van der Waals surface area contributed by atoms with Gasteiger partial charge in [0.05, 0.1) is 10.2 Å². The van der Waals surface area contributed by atoms with E-state index in [0.29, 0.717) is 27.7 Å². The number of hydrogen-bond donors (Lipinski definition) is 0. The lowest BCUT2D eigenvalue weighted by Gasteiger charge is -2.19. The number of thiazole rings is 1. The van der Waals surface area contributed by atoms with Crippen LogP contribution in [-0.2, 0) is 0 Å². The average molecular weight is 461 g/mol. The van der Waals surface area contributed by atoms with Crippen LogP contribution >= 0.6 is 23.7 Å². The minimum atomic E-state index is -0.327. The predicted octanol–water partition coefficient (Wildman–Crippen LogP) is 5.11. The molecule has 0 fully saturated rings. The molecule has 9 heteroatoms. The van der Waals surface area contributed by atoms with E-state index in [1.54, 1.807) is 17.0 Å². The zero-order chi connectivity index (χ0) is 21.1. The van der Waals surface area contributed by atoms with Gasteiger partial charge in [0, 0.05) is 18.2 Å². The highest BCUT2D eigenvalue weighted by Gasteiger charge is 2.24. The quantitative estimate of drug-likeness (QED) is 0.383. The van der Waals surface area contributed by atoms with Gasteiger partial charge in [0.25, 0.3) is 5.91 Å². The van der Waals surface area contributed by atoms with Crippen molar-refractivity contribution in [2.45, 2.75) is 6.42 Å². The Morgan fingerprint density at radius 1 is 1.10 bits per heavy atom. The molecule has 0 bridgehead atoms. The molecule has 0 spiro atoms. The maximum atomic E-state index is 13.6. The molecule has 0 aliphatic rings. The molecule has 0 saturated heterocycles. The number of anilines is 1. The second kappa shape index (κ2) is 10.00. The van der Waals surface area contributed by atoms with Crippen LogP contribution in [0.4, 0.5) is 9.52 Å². The number of benzene rings is 2. The Balaban J connectivity index is 0.00000272. The van der Waals surface area contributed by atoms with Crippen LogP contribution in [0.5, 0.6) is 0 Å². The summed E-state index contributed by atoms with van der Waals surface area (Å²) in [6.07, 6.45) is 0.756. The molecule has 0 saturated carbocycles. The van der Waals surface area contributed by atoms with Gasteiger partial charge in [-0.2, -0.15) is 0 Å². The van der Waals surface area contributed by atoms with Crippen LogP contribution in [0.15, 0.2) is 59.1 Å². The van der Waals surface area contributed by atoms with Crippen LogP contribution in [-0.4, -0.2) is 48.1 Å². The maximum absolute atomic E-state index is 13.6. The molecule has 0 aliphatic heterocycles. The normalized spacial score (nSPS) is 11.0. The molecule has 31 heavy (non-hydrogen) atoms. The Kier molecular flexibility index (Phi) is 7.37. The summed E-state index contributed by atoms with van der Waals surface area (Å²) in [4.78, 5) is 21.5. The summed E-state index contributed by atoms with van der Waals surface area (Å²) in [6.45, 7) is 1.28. The number of aromatic nitrogens is 2. The van der Waals surface area contributed by atoms with Crippen LogP contribution in [0, 0.1) is 5.82 Å². The number of nitrogens with zero attached hydrogens (tertiary/aromatic N) is 4. The summed E-state index contributed by atoms with van der Waals surface area (Å²) in [5, 5.41) is 4.51. The lowest BCUT2D eigenvalue weighted by atomic mass is 10.1. The number of fused-ring (bicyclic) bond motifs is 1. The highest BCUT2D eigenvalue weighted by atomic mass is 35.5. The molecule has 0 aliphatic carbocycles. The first-order valence-electron chi connectivity index (χ1n) is 9.56. The highest BCUT2D eigenvalue weighted by molar-refractivity contribution is 7.22. The fourth-order valence-electron chi connectivity index (χ4n) is 3.08. The average Bonchev–Trinajstić information content (AvgIpc) is 3.38. The summed E-state index contributed by atoms with van der Waals surface area (Å²) < 4.78 is 19.7. The van der Waals surface area contributed by atoms with Crippen molar-refractivity contribution in [3.05, 3.63) is 66.1 Å². The van der Waals surface area contributed by atoms with Crippen molar-refractivity contribution in [2.75, 3.05) is 32.1 Å². The van der Waals surface area contributed by atoms with Crippen molar-refractivity contribution in [1.82, 2.24) is 15.0 Å². The molecule has 2 aromatic heterocycles. The van der Waals surface area contributed by atoms with Gasteiger partial charge in [-0.15, -0.1) is 12.4 Å². The van der Waals surface area contributed by atoms with Crippen molar-refractivity contribution in [3.8, 4) is 11.3 Å². The van der Waals surface area contributed by atoms with Gasteiger partial charge in [-0.05, 0) is 45.3 Å². The molecular formula is C22H22ClFN4O2S. The SMILES string of the molecule is CN(C)CCCN(C(=O)c1cc(-c2ccccc2)on1)c1nc2ccc(F)cc2s1.Cl. The van der Waals surface area contributed by atoms with Gasteiger partial charge in [0.1, 0.15) is 5.82 Å². The molecule has 6 nitrogen and oxygen atoms in total. The van der Waals surface area contributed by atoms with Gasteiger partial charge in [0.15, 0.2) is 16.6 Å². The van der Waals surface area contributed by atoms with E-state index in [9.17, 15) is 9.18 Å². The monoisotopic (exact) mass is 460 g/mol. The van der Waals surface area contributed by atoms with E-state index in [4.69, 9.17) is 4.52 Å². The van der Waals surface area contributed by atoms with E-state index in [2.05, 4.69) is 15.0 Å². The van der Waals surface area contributed by atoms with Crippen molar-refractivity contribution in [3.63, 3.8) is 0 Å². The molecule has 162 valence electrons. The largest absolute Gasteiger partial charge is 0.355 e. The Morgan fingerprint density at radius 2 is 1.87 bits per heavy atom. The molecule has 4 rings (SSSR count). The van der Waals surface area contributed by atoms with Crippen LogP contribution < -0.4 is 4.90 Å². The molecule has 0 unspecified atom stereocenters. The summed E-state index contributed by atoms with van der Waals surface area (Å²) in [5.74, 6) is -0.0926. The lowest BCUT2D eigenvalue weighted by molar-refractivity contribution is 0.0977. The fourth-order valence-corrected chi connectivity index (χ4v) is 4.10. The van der Waals surface area contributed by atoms with E-state index < -0.39 is 0 Å². The molecule has 2 aromatic carbocycles. The van der Waals surface area contributed by atoms with Crippen LogP contribution in [0.25, 0.3) is 21.5 Å². The minimum Gasteiger partial charge on any atom is -0.355 e. The number of amides is 1. The predicted molar refractivity (Wildman–Crippen MR) is 124 cm³/mol. The first-order chi connectivity index (χ1) is 14.5.